The van der Waals surface area contributed by atoms with Crippen LogP contribution in [0.3, 0.4) is 0 Å². The number of phenolic OH excluding ortho intramolecular Hbond substituents is 1. The molecule has 0 spiro atoms. The molecule has 0 radical (unpaired) electrons. The van der Waals surface area contributed by atoms with Gasteiger partial charge >= 0.3 is 0 Å². The molecule has 0 saturated heterocycles. The van der Waals surface area contributed by atoms with Gasteiger partial charge < -0.3 is 10.4 Å². The minimum Gasteiger partial charge on any atom is -0.507 e. The second-order valence-corrected chi connectivity index (χ2v) is 16.5. The van der Waals surface area contributed by atoms with E-state index in [4.69, 9.17) is 0 Å². The maximum Gasteiger partial charge on any atom is 0.253 e. The first-order chi connectivity index (χ1) is 18.4. The smallest absolute Gasteiger partial charge is 0.253 e. The molecule has 0 aliphatic rings. The van der Waals surface area contributed by atoms with Crippen molar-refractivity contribution in [2.45, 2.75) is 128 Å². The molecule has 0 fully saturated rings. The van der Waals surface area contributed by atoms with Crippen molar-refractivity contribution in [3.05, 3.63) is 23.3 Å². The van der Waals surface area contributed by atoms with Crippen molar-refractivity contribution in [2.75, 3.05) is 16.8 Å². The summed E-state index contributed by atoms with van der Waals surface area (Å²) >= 11 is 0. The molecule has 1 aromatic carbocycles. The van der Waals surface area contributed by atoms with E-state index >= 15 is 0 Å². The fraction of sp³-hybridized carbons (Fsp3) is 0.690. The molecule has 0 atom stereocenters. The van der Waals surface area contributed by atoms with E-state index in [0.717, 1.165) is 38.5 Å². The first kappa shape index (κ1) is 33.9. The van der Waals surface area contributed by atoms with Crippen LogP contribution in [0.15, 0.2) is 22.4 Å². The first-order valence-corrected chi connectivity index (χ1v) is 17.6. The third kappa shape index (κ3) is 9.39. The molecule has 0 amide bonds. The number of hydrogen-bond donors (Lipinski definition) is 2. The Balaban J connectivity index is 2.63. The lowest BCUT2D eigenvalue weighted by molar-refractivity contribution is 0.423. The number of unbranched alkanes of at least 4 members (excludes halogenated alkanes) is 6. The summed E-state index contributed by atoms with van der Waals surface area (Å²) in [7, 11) is -7.89. The van der Waals surface area contributed by atoms with E-state index in [9.17, 15) is 21.9 Å². The van der Waals surface area contributed by atoms with Gasteiger partial charge in [-0.2, -0.15) is 15.0 Å². The van der Waals surface area contributed by atoms with Crippen LogP contribution >= 0.6 is 0 Å². The monoisotopic (exact) mass is 596 g/mol. The van der Waals surface area contributed by atoms with Crippen molar-refractivity contribution in [3.8, 4) is 5.75 Å². The van der Waals surface area contributed by atoms with Crippen molar-refractivity contribution in [3.63, 3.8) is 0 Å². The first-order valence-electron chi connectivity index (χ1n) is 14.3. The lowest BCUT2D eigenvalue weighted by Gasteiger charge is -2.28. The number of rotatable bonds is 14. The lowest BCUT2D eigenvalue weighted by atomic mass is 9.79. The number of nitrogens with one attached hydrogen (secondary N) is 1. The molecule has 11 heteroatoms. The highest BCUT2D eigenvalue weighted by molar-refractivity contribution is 7.91. The standard InChI is InChI=1S/C29H48N4O5S2/c1-9-11-13-15-17-39(35,36)26-31-25(32-27(33-26)40(37,38)18-16-14-12-10-2)30-21-19-22(28(3,4)5)24(34)23(20-21)29(6,7)8/h19-20,34H,9-18H2,1-8H3,(H,30,31,32,33). The summed E-state index contributed by atoms with van der Waals surface area (Å²) in [6.07, 6.45) is 6.09. The van der Waals surface area contributed by atoms with E-state index in [1.54, 1.807) is 12.1 Å². The summed E-state index contributed by atoms with van der Waals surface area (Å²) in [5.74, 6) is -0.325. The van der Waals surface area contributed by atoms with Gasteiger partial charge in [-0.1, -0.05) is 93.9 Å². The molecule has 9 nitrogen and oxygen atoms in total. The zero-order chi connectivity index (χ0) is 30.4. The van der Waals surface area contributed by atoms with E-state index in [1.165, 1.54) is 0 Å². The predicted octanol–water partition coefficient (Wildman–Crippen LogP) is 6.62. The molecule has 2 aromatic rings. The van der Waals surface area contributed by atoms with Crippen LogP contribution in [0, 0.1) is 0 Å². The number of benzene rings is 1. The largest absolute Gasteiger partial charge is 0.507 e. The van der Waals surface area contributed by atoms with Gasteiger partial charge in [0.2, 0.25) is 25.6 Å². The number of hydrogen-bond acceptors (Lipinski definition) is 9. The highest BCUT2D eigenvalue weighted by Gasteiger charge is 2.29. The Morgan fingerprint density at radius 3 is 1.43 bits per heavy atom. The summed E-state index contributed by atoms with van der Waals surface area (Å²) < 4.78 is 52.7. The van der Waals surface area contributed by atoms with Gasteiger partial charge in [-0.05, 0) is 35.8 Å². The van der Waals surface area contributed by atoms with Gasteiger partial charge in [-0.3, -0.25) is 0 Å². The molecule has 0 aliphatic heterocycles. The van der Waals surface area contributed by atoms with Crippen LogP contribution in [0.4, 0.5) is 11.6 Å². The molecular weight excluding hydrogens is 548 g/mol. The summed E-state index contributed by atoms with van der Waals surface area (Å²) in [6.45, 7) is 16.0. The molecule has 0 aliphatic carbocycles. The zero-order valence-corrected chi connectivity index (χ0v) is 27.1. The zero-order valence-electron chi connectivity index (χ0n) is 25.5. The number of nitrogens with zero attached hydrogens (tertiary/aromatic N) is 3. The number of sulfone groups is 2. The second kappa shape index (κ2) is 13.6. The summed E-state index contributed by atoms with van der Waals surface area (Å²) in [6, 6.07) is 3.51. The number of anilines is 2. The Hall–Kier alpha value is -2.27. The molecule has 1 aromatic heterocycles. The van der Waals surface area contributed by atoms with Crippen molar-refractivity contribution >= 4 is 31.3 Å². The maximum absolute atomic E-state index is 13.2. The van der Waals surface area contributed by atoms with Crippen molar-refractivity contribution in [1.82, 2.24) is 15.0 Å². The van der Waals surface area contributed by atoms with Gasteiger partial charge in [0.25, 0.3) is 10.3 Å². The Bertz CT molecular complexity index is 1260. The number of aromatic nitrogens is 3. The van der Waals surface area contributed by atoms with E-state index in [2.05, 4.69) is 20.3 Å². The van der Waals surface area contributed by atoms with Gasteiger partial charge in [0.15, 0.2) is 0 Å². The SMILES string of the molecule is CCCCCCS(=O)(=O)c1nc(Nc2cc(C(C)(C)C)c(O)c(C(C)(C)C)c2)nc(S(=O)(=O)CCCCCC)n1. The van der Waals surface area contributed by atoms with Crippen molar-refractivity contribution in [2.24, 2.45) is 0 Å². The quantitative estimate of drug-likeness (QED) is 0.182. The molecule has 226 valence electrons. The number of aromatic hydroxyl groups is 1. The van der Waals surface area contributed by atoms with Crippen molar-refractivity contribution < 1.29 is 21.9 Å². The van der Waals surface area contributed by atoms with Crippen LogP contribution in [0.1, 0.15) is 118 Å². The van der Waals surface area contributed by atoms with Crippen LogP contribution in [0.5, 0.6) is 5.75 Å². The Kier molecular flexibility index (Phi) is 11.5. The highest BCUT2D eigenvalue weighted by Crippen LogP contribution is 2.41. The van der Waals surface area contributed by atoms with E-state index < -0.39 is 40.8 Å². The topological polar surface area (TPSA) is 139 Å². The minimum absolute atomic E-state index is 0.167. The molecule has 0 saturated carbocycles. The maximum atomic E-state index is 13.2. The second-order valence-electron chi connectivity index (χ2n) is 12.5. The van der Waals surface area contributed by atoms with Gasteiger partial charge in [0.1, 0.15) is 5.75 Å². The predicted molar refractivity (Wildman–Crippen MR) is 161 cm³/mol. The van der Waals surface area contributed by atoms with Crippen LogP contribution in [0.2, 0.25) is 0 Å². The molecular formula is C29H48N4O5S2. The van der Waals surface area contributed by atoms with E-state index in [0.29, 0.717) is 29.7 Å². The normalized spacial score (nSPS) is 13.0. The molecule has 2 rings (SSSR count). The molecule has 2 N–H and O–H groups in total. The van der Waals surface area contributed by atoms with E-state index in [-0.39, 0.29) is 23.2 Å². The van der Waals surface area contributed by atoms with Gasteiger partial charge in [-0.15, -0.1) is 0 Å². The average molecular weight is 597 g/mol. The highest BCUT2D eigenvalue weighted by atomic mass is 32.2. The Morgan fingerprint density at radius 1 is 0.675 bits per heavy atom. The Morgan fingerprint density at radius 2 is 1.07 bits per heavy atom. The lowest BCUT2D eigenvalue weighted by Crippen LogP contribution is -2.20. The summed E-state index contributed by atoms with van der Waals surface area (Å²) in [5, 5.41) is 13.0. The molecule has 1 heterocycles. The van der Waals surface area contributed by atoms with Gasteiger partial charge in [-0.25, -0.2) is 16.8 Å². The van der Waals surface area contributed by atoms with Crippen LogP contribution < -0.4 is 5.32 Å². The summed E-state index contributed by atoms with van der Waals surface area (Å²) in [4.78, 5) is 12.3. The fourth-order valence-corrected chi connectivity index (χ4v) is 6.77. The van der Waals surface area contributed by atoms with Gasteiger partial charge in [0.05, 0.1) is 11.5 Å². The van der Waals surface area contributed by atoms with Crippen LogP contribution in [-0.2, 0) is 30.5 Å². The Labute approximate surface area is 241 Å². The van der Waals surface area contributed by atoms with Crippen LogP contribution in [-0.4, -0.2) is 48.4 Å². The number of phenols is 1. The molecule has 40 heavy (non-hydrogen) atoms. The van der Waals surface area contributed by atoms with Gasteiger partial charge in [0, 0.05) is 16.8 Å². The third-order valence-corrected chi connectivity index (χ3v) is 9.80. The summed E-state index contributed by atoms with van der Waals surface area (Å²) in [5.41, 5.74) is 1.08. The third-order valence-electron chi connectivity index (χ3n) is 6.67. The van der Waals surface area contributed by atoms with Crippen LogP contribution in [0.25, 0.3) is 0 Å². The average Bonchev–Trinajstić information content (AvgIpc) is 2.84. The van der Waals surface area contributed by atoms with Crippen molar-refractivity contribution in [1.29, 1.82) is 0 Å². The fourth-order valence-electron chi connectivity index (χ4n) is 4.27. The van der Waals surface area contributed by atoms with E-state index in [1.807, 2.05) is 55.4 Å². The molecule has 0 bridgehead atoms. The molecule has 0 unspecified atom stereocenters. The minimum atomic E-state index is -3.94.